The molecule has 1 heterocycles. The molecule has 0 aromatic heterocycles. The van der Waals surface area contributed by atoms with Crippen LogP contribution in [-0.4, -0.2) is 44.1 Å². The van der Waals surface area contributed by atoms with E-state index in [-0.39, 0.29) is 12.0 Å². The van der Waals surface area contributed by atoms with Gasteiger partial charge in [0.1, 0.15) is 11.9 Å². The highest BCUT2D eigenvalue weighted by Crippen LogP contribution is 2.24. The molecule has 1 aromatic rings. The number of ether oxygens (including phenoxy) is 1. The molecule has 5 heteroatoms. The summed E-state index contributed by atoms with van der Waals surface area (Å²) in [5.41, 5.74) is 0.496. The standard InChI is InChI=1S/C12H15ClN2O2/c1-15(2)12(16)10-4-3-8(5-11(10)13)17-9-6-14-7-9/h3-5,9,14H,6-7H2,1-2H3. The number of hydrogen-bond donors (Lipinski definition) is 1. The van der Waals surface area contributed by atoms with Crippen molar-refractivity contribution >= 4 is 17.5 Å². The Hall–Kier alpha value is -1.26. The smallest absolute Gasteiger partial charge is 0.254 e. The number of hydrogen-bond acceptors (Lipinski definition) is 3. The molecule has 2 rings (SSSR count). The van der Waals surface area contributed by atoms with Gasteiger partial charge in [-0.3, -0.25) is 4.79 Å². The number of nitrogens with zero attached hydrogens (tertiary/aromatic N) is 1. The van der Waals surface area contributed by atoms with Crippen LogP contribution in [-0.2, 0) is 0 Å². The molecule has 92 valence electrons. The Balaban J connectivity index is 2.13. The van der Waals surface area contributed by atoms with Crippen molar-refractivity contribution in [1.29, 1.82) is 0 Å². The highest BCUT2D eigenvalue weighted by molar-refractivity contribution is 6.34. The van der Waals surface area contributed by atoms with Gasteiger partial charge < -0.3 is 15.0 Å². The summed E-state index contributed by atoms with van der Waals surface area (Å²) in [5, 5.41) is 3.55. The molecule has 0 saturated carbocycles. The third kappa shape index (κ3) is 2.70. The molecule has 1 amide bonds. The zero-order valence-corrected chi connectivity index (χ0v) is 10.6. The predicted molar refractivity (Wildman–Crippen MR) is 66.8 cm³/mol. The number of benzene rings is 1. The summed E-state index contributed by atoms with van der Waals surface area (Å²) in [5.74, 6) is 0.601. The summed E-state index contributed by atoms with van der Waals surface area (Å²) in [6, 6.07) is 5.17. The Kier molecular flexibility index (Phi) is 3.54. The van der Waals surface area contributed by atoms with E-state index in [9.17, 15) is 4.79 Å². The van der Waals surface area contributed by atoms with Crippen molar-refractivity contribution in [3.63, 3.8) is 0 Å². The summed E-state index contributed by atoms with van der Waals surface area (Å²) < 4.78 is 5.65. The minimum atomic E-state index is -0.105. The fraction of sp³-hybridized carbons (Fsp3) is 0.417. The molecule has 1 saturated heterocycles. The van der Waals surface area contributed by atoms with Gasteiger partial charge in [-0.15, -0.1) is 0 Å². The molecule has 17 heavy (non-hydrogen) atoms. The molecular weight excluding hydrogens is 240 g/mol. The van der Waals surface area contributed by atoms with E-state index in [0.717, 1.165) is 13.1 Å². The van der Waals surface area contributed by atoms with E-state index >= 15 is 0 Å². The molecule has 1 aliphatic heterocycles. The third-order valence-electron chi connectivity index (χ3n) is 2.62. The lowest BCUT2D eigenvalue weighted by Gasteiger charge is -2.28. The molecule has 0 unspecified atom stereocenters. The molecule has 1 aliphatic rings. The summed E-state index contributed by atoms with van der Waals surface area (Å²) in [6.45, 7) is 1.71. The first-order valence-corrected chi connectivity index (χ1v) is 5.84. The maximum atomic E-state index is 11.8. The highest BCUT2D eigenvalue weighted by Gasteiger charge is 2.19. The van der Waals surface area contributed by atoms with E-state index < -0.39 is 0 Å². The third-order valence-corrected chi connectivity index (χ3v) is 2.94. The van der Waals surface area contributed by atoms with Crippen LogP contribution in [0.4, 0.5) is 0 Å². The number of amides is 1. The molecule has 0 radical (unpaired) electrons. The van der Waals surface area contributed by atoms with Gasteiger partial charge in [-0.1, -0.05) is 11.6 Å². The Bertz CT molecular complexity index is 431. The van der Waals surface area contributed by atoms with Crippen LogP contribution in [0.2, 0.25) is 5.02 Å². The van der Waals surface area contributed by atoms with Gasteiger partial charge in [0, 0.05) is 27.2 Å². The normalized spacial score (nSPS) is 15.2. The van der Waals surface area contributed by atoms with Crippen molar-refractivity contribution in [2.45, 2.75) is 6.10 Å². The van der Waals surface area contributed by atoms with Crippen molar-refractivity contribution in [3.8, 4) is 5.75 Å². The summed E-state index contributed by atoms with van der Waals surface area (Å²) >= 11 is 6.07. The highest BCUT2D eigenvalue weighted by atomic mass is 35.5. The van der Waals surface area contributed by atoms with Crippen molar-refractivity contribution in [1.82, 2.24) is 10.2 Å². The first-order chi connectivity index (χ1) is 8.08. The molecule has 1 fully saturated rings. The number of carbonyl (C=O) groups excluding carboxylic acids is 1. The van der Waals surface area contributed by atoms with E-state index in [1.165, 1.54) is 4.90 Å². The minimum Gasteiger partial charge on any atom is -0.488 e. The zero-order chi connectivity index (χ0) is 12.4. The van der Waals surface area contributed by atoms with E-state index in [4.69, 9.17) is 16.3 Å². The Labute approximate surface area is 106 Å². The zero-order valence-electron chi connectivity index (χ0n) is 9.87. The van der Waals surface area contributed by atoms with Crippen LogP contribution in [0.15, 0.2) is 18.2 Å². The van der Waals surface area contributed by atoms with Crippen LogP contribution in [0.5, 0.6) is 5.75 Å². The van der Waals surface area contributed by atoms with E-state index in [1.807, 2.05) is 0 Å². The lowest BCUT2D eigenvalue weighted by atomic mass is 10.2. The van der Waals surface area contributed by atoms with Gasteiger partial charge in [-0.25, -0.2) is 0 Å². The van der Waals surface area contributed by atoms with Gasteiger partial charge in [0.05, 0.1) is 10.6 Å². The van der Waals surface area contributed by atoms with Gasteiger partial charge in [0.15, 0.2) is 0 Å². The quantitative estimate of drug-likeness (QED) is 0.887. The lowest BCUT2D eigenvalue weighted by molar-refractivity contribution is 0.0827. The number of nitrogens with one attached hydrogen (secondary N) is 1. The Morgan fingerprint density at radius 3 is 2.65 bits per heavy atom. The monoisotopic (exact) mass is 254 g/mol. The van der Waals surface area contributed by atoms with Crippen molar-refractivity contribution in [2.75, 3.05) is 27.2 Å². The summed E-state index contributed by atoms with van der Waals surface area (Å²) in [4.78, 5) is 13.3. The molecule has 1 aromatic carbocycles. The van der Waals surface area contributed by atoms with Crippen molar-refractivity contribution < 1.29 is 9.53 Å². The van der Waals surface area contributed by atoms with E-state index in [2.05, 4.69) is 5.32 Å². The van der Waals surface area contributed by atoms with Gasteiger partial charge in [-0.05, 0) is 18.2 Å². The van der Waals surface area contributed by atoms with Gasteiger partial charge in [0.2, 0.25) is 0 Å². The average molecular weight is 255 g/mol. The van der Waals surface area contributed by atoms with E-state index in [1.54, 1.807) is 32.3 Å². The SMILES string of the molecule is CN(C)C(=O)c1ccc(OC2CNC2)cc1Cl. The first kappa shape index (κ1) is 12.2. The van der Waals surface area contributed by atoms with Crippen LogP contribution < -0.4 is 10.1 Å². The lowest BCUT2D eigenvalue weighted by Crippen LogP contribution is -2.50. The maximum Gasteiger partial charge on any atom is 0.254 e. The minimum absolute atomic E-state index is 0.105. The topological polar surface area (TPSA) is 41.6 Å². The second-order valence-electron chi connectivity index (χ2n) is 4.24. The molecule has 0 spiro atoms. The van der Waals surface area contributed by atoms with Crippen molar-refractivity contribution in [2.24, 2.45) is 0 Å². The fourth-order valence-corrected chi connectivity index (χ4v) is 1.77. The fourth-order valence-electron chi connectivity index (χ4n) is 1.52. The van der Waals surface area contributed by atoms with E-state index in [0.29, 0.717) is 16.3 Å². The maximum absolute atomic E-state index is 11.8. The van der Waals surface area contributed by atoms with Crippen LogP contribution >= 0.6 is 11.6 Å². The van der Waals surface area contributed by atoms with Crippen LogP contribution in [0, 0.1) is 0 Å². The molecule has 4 nitrogen and oxygen atoms in total. The van der Waals surface area contributed by atoms with Gasteiger partial charge >= 0.3 is 0 Å². The Morgan fingerprint density at radius 2 is 2.18 bits per heavy atom. The summed E-state index contributed by atoms with van der Waals surface area (Å²) in [6.07, 6.45) is 0.210. The Morgan fingerprint density at radius 1 is 1.47 bits per heavy atom. The van der Waals surface area contributed by atoms with Gasteiger partial charge in [-0.2, -0.15) is 0 Å². The average Bonchev–Trinajstić information content (AvgIpc) is 2.22. The van der Waals surface area contributed by atoms with Crippen LogP contribution in [0.1, 0.15) is 10.4 Å². The first-order valence-electron chi connectivity index (χ1n) is 5.46. The molecule has 1 N–H and O–H groups in total. The molecule has 0 bridgehead atoms. The second kappa shape index (κ2) is 4.94. The molecule has 0 aliphatic carbocycles. The number of carbonyl (C=O) groups is 1. The largest absolute Gasteiger partial charge is 0.488 e. The molecular formula is C12H15ClN2O2. The van der Waals surface area contributed by atoms with Crippen LogP contribution in [0.25, 0.3) is 0 Å². The predicted octanol–water partition coefficient (Wildman–Crippen LogP) is 1.39. The van der Waals surface area contributed by atoms with Gasteiger partial charge in [0.25, 0.3) is 5.91 Å². The van der Waals surface area contributed by atoms with Crippen LogP contribution in [0.3, 0.4) is 0 Å². The number of rotatable bonds is 3. The second-order valence-corrected chi connectivity index (χ2v) is 4.65. The number of halogens is 1. The molecule has 0 atom stereocenters. The van der Waals surface area contributed by atoms with Crippen molar-refractivity contribution in [3.05, 3.63) is 28.8 Å². The summed E-state index contributed by atoms with van der Waals surface area (Å²) in [7, 11) is 3.40.